The summed E-state index contributed by atoms with van der Waals surface area (Å²) in [4.78, 5) is 9.35. The monoisotopic (exact) mass is 256 g/mol. The van der Waals surface area contributed by atoms with E-state index in [1.54, 1.807) is 0 Å². The third-order valence-electron chi connectivity index (χ3n) is 1.37. The van der Waals surface area contributed by atoms with E-state index < -0.39 is 10.1 Å². The van der Waals surface area contributed by atoms with Gasteiger partial charge in [-0.1, -0.05) is 30.3 Å². The minimum atomic E-state index is -3.53. The van der Waals surface area contributed by atoms with Gasteiger partial charge in [0.2, 0.25) is 6.41 Å². The molecule has 1 rings (SSSR count). The summed E-state index contributed by atoms with van der Waals surface area (Å²) in [6.07, 6.45) is 1.46. The highest BCUT2D eigenvalue weighted by Gasteiger charge is 1.97. The molecular formula is C10H12N2O4S. The summed E-state index contributed by atoms with van der Waals surface area (Å²) < 4.78 is 23.6. The summed E-state index contributed by atoms with van der Waals surface area (Å²) in [5.74, 6) is 0. The van der Waals surface area contributed by atoms with E-state index in [2.05, 4.69) is 10.4 Å². The first-order chi connectivity index (χ1) is 7.99. The Kier molecular flexibility index (Phi) is 7.34. The number of hydrogen-bond donors (Lipinski definition) is 1. The van der Waals surface area contributed by atoms with Crippen molar-refractivity contribution in [2.24, 2.45) is 0 Å². The first kappa shape index (κ1) is 15.1. The quantitative estimate of drug-likeness (QED) is 0.620. The van der Waals surface area contributed by atoms with Crippen LogP contribution >= 0.6 is 0 Å². The fourth-order valence-electron chi connectivity index (χ4n) is 0.794. The maximum atomic E-state index is 9.95. The zero-order valence-electron chi connectivity index (χ0n) is 9.16. The lowest BCUT2D eigenvalue weighted by atomic mass is 10.2. The average Bonchev–Trinajstić information content (AvgIpc) is 2.28. The predicted molar refractivity (Wildman–Crippen MR) is 60.9 cm³/mol. The molecule has 0 unspecified atom stereocenters. The van der Waals surface area contributed by atoms with Crippen LogP contribution < -0.4 is 5.48 Å². The number of rotatable bonds is 4. The molecule has 0 spiro atoms. The highest BCUT2D eigenvalue weighted by molar-refractivity contribution is 7.85. The number of carbonyl (C=O) groups is 1. The van der Waals surface area contributed by atoms with Crippen molar-refractivity contribution < 1.29 is 17.5 Å². The van der Waals surface area contributed by atoms with Crippen LogP contribution in [0.4, 0.5) is 0 Å². The number of nitrogens with one attached hydrogen (secondary N) is 1. The van der Waals surface area contributed by atoms with Crippen LogP contribution in [0.2, 0.25) is 0 Å². The maximum Gasteiger partial charge on any atom is 0.285 e. The third-order valence-corrected chi connectivity index (χ3v) is 1.77. The molecule has 0 saturated heterocycles. The normalized spacial score (nSPS) is 9.41. The summed E-state index contributed by atoms with van der Waals surface area (Å²) in [7, 11) is -3.53. The number of nitrogens with zero attached hydrogens (tertiary/aromatic N) is 1. The molecule has 0 bridgehead atoms. The first-order valence-electron chi connectivity index (χ1n) is 4.48. The van der Waals surface area contributed by atoms with Gasteiger partial charge in [0.1, 0.15) is 0 Å². The first-order valence-corrected chi connectivity index (χ1v) is 6.29. The van der Waals surface area contributed by atoms with Crippen LogP contribution in [0.15, 0.2) is 30.3 Å². The molecule has 0 aliphatic carbocycles. The second-order valence-corrected chi connectivity index (χ2v) is 4.42. The number of nitriles is 1. The standard InChI is InChI=1S/C8H7N.C2H5NO4S/c9-7-6-8-4-2-1-3-5-8;1-8(5,6)7-3-2-4/h1-5H,6H2;2H,1H3,(H,3,4). The molecule has 1 aromatic carbocycles. The molecule has 1 N–H and O–H groups in total. The lowest BCUT2D eigenvalue weighted by Crippen LogP contribution is -2.16. The zero-order valence-corrected chi connectivity index (χ0v) is 9.98. The number of benzene rings is 1. The van der Waals surface area contributed by atoms with E-state index in [4.69, 9.17) is 5.26 Å². The second kappa shape index (κ2) is 8.27. The molecule has 0 aliphatic rings. The molecule has 0 radical (unpaired) electrons. The van der Waals surface area contributed by atoms with E-state index in [1.165, 1.54) is 5.48 Å². The van der Waals surface area contributed by atoms with Crippen molar-refractivity contribution in [1.29, 1.82) is 5.26 Å². The summed E-state index contributed by atoms with van der Waals surface area (Å²) in [5, 5.41) is 8.27. The van der Waals surface area contributed by atoms with Crippen molar-refractivity contribution in [1.82, 2.24) is 5.48 Å². The Morgan fingerprint density at radius 1 is 1.41 bits per heavy atom. The molecular weight excluding hydrogens is 244 g/mol. The topological polar surface area (TPSA) is 96.3 Å². The molecule has 0 aromatic heterocycles. The van der Waals surface area contributed by atoms with Crippen molar-refractivity contribution >= 4 is 16.5 Å². The van der Waals surface area contributed by atoms with Crippen molar-refractivity contribution in [2.75, 3.05) is 6.26 Å². The molecule has 7 heteroatoms. The molecule has 0 fully saturated rings. The number of carbonyl (C=O) groups excluding carboxylic acids is 1. The lowest BCUT2D eigenvalue weighted by Gasteiger charge is -1.91. The van der Waals surface area contributed by atoms with Gasteiger partial charge in [0, 0.05) is 0 Å². The van der Waals surface area contributed by atoms with Gasteiger partial charge in [0.05, 0.1) is 18.7 Å². The fraction of sp³-hybridized carbons (Fsp3) is 0.200. The molecule has 92 valence electrons. The Labute approximate surface area is 99.9 Å². The van der Waals surface area contributed by atoms with Gasteiger partial charge in [-0.3, -0.25) is 4.79 Å². The maximum absolute atomic E-state index is 9.95. The summed E-state index contributed by atoms with van der Waals surface area (Å²) in [5.41, 5.74) is 2.60. The van der Waals surface area contributed by atoms with Gasteiger partial charge in [-0.05, 0) is 5.56 Å². The molecule has 1 aromatic rings. The van der Waals surface area contributed by atoms with Crippen LogP contribution in [-0.4, -0.2) is 21.1 Å². The van der Waals surface area contributed by atoms with Crippen molar-refractivity contribution in [3.8, 4) is 6.07 Å². The average molecular weight is 256 g/mol. The van der Waals surface area contributed by atoms with E-state index in [0.717, 1.165) is 11.8 Å². The van der Waals surface area contributed by atoms with Gasteiger partial charge in [0.25, 0.3) is 10.1 Å². The Morgan fingerprint density at radius 2 is 2.00 bits per heavy atom. The molecule has 0 atom stereocenters. The van der Waals surface area contributed by atoms with Crippen LogP contribution in [0, 0.1) is 11.3 Å². The van der Waals surface area contributed by atoms with Gasteiger partial charge in [-0.25, -0.2) is 5.48 Å². The third kappa shape index (κ3) is 10.4. The number of amides is 1. The van der Waals surface area contributed by atoms with E-state index in [-0.39, 0.29) is 6.41 Å². The number of hydroxylamine groups is 1. The van der Waals surface area contributed by atoms with Crippen LogP contribution in [0.5, 0.6) is 0 Å². The molecule has 0 saturated carbocycles. The molecule has 0 aliphatic heterocycles. The Morgan fingerprint density at radius 3 is 2.35 bits per heavy atom. The Hall–Kier alpha value is -1.91. The summed E-state index contributed by atoms with van der Waals surface area (Å²) in [6.45, 7) is 0. The van der Waals surface area contributed by atoms with Gasteiger partial charge >= 0.3 is 0 Å². The summed E-state index contributed by atoms with van der Waals surface area (Å²) in [6, 6.07) is 11.8. The van der Waals surface area contributed by atoms with Crippen LogP contribution in [0.25, 0.3) is 0 Å². The van der Waals surface area contributed by atoms with E-state index >= 15 is 0 Å². The minimum Gasteiger partial charge on any atom is -0.277 e. The molecule has 1 amide bonds. The Balaban J connectivity index is 0.000000304. The molecule has 17 heavy (non-hydrogen) atoms. The zero-order chi connectivity index (χ0) is 13.1. The van der Waals surface area contributed by atoms with Crippen LogP contribution in [0.1, 0.15) is 5.56 Å². The molecule has 6 nitrogen and oxygen atoms in total. The fourth-order valence-corrected chi connectivity index (χ4v) is 1.01. The minimum absolute atomic E-state index is 0.126. The largest absolute Gasteiger partial charge is 0.285 e. The van der Waals surface area contributed by atoms with E-state index in [1.807, 2.05) is 30.3 Å². The number of hydrogen-bond acceptors (Lipinski definition) is 5. The van der Waals surface area contributed by atoms with Gasteiger partial charge in [-0.2, -0.15) is 13.7 Å². The van der Waals surface area contributed by atoms with E-state index in [9.17, 15) is 13.2 Å². The van der Waals surface area contributed by atoms with Crippen LogP contribution in [-0.2, 0) is 25.6 Å². The highest BCUT2D eigenvalue weighted by Crippen LogP contribution is 1.96. The summed E-state index contributed by atoms with van der Waals surface area (Å²) >= 11 is 0. The van der Waals surface area contributed by atoms with Crippen molar-refractivity contribution in [3.63, 3.8) is 0 Å². The second-order valence-electron chi connectivity index (χ2n) is 2.84. The SMILES string of the molecule is CS(=O)(=O)ONC=O.N#CCc1ccccc1. The van der Waals surface area contributed by atoms with Crippen LogP contribution in [0.3, 0.4) is 0 Å². The van der Waals surface area contributed by atoms with Crippen molar-refractivity contribution in [3.05, 3.63) is 35.9 Å². The van der Waals surface area contributed by atoms with Gasteiger partial charge in [0.15, 0.2) is 0 Å². The van der Waals surface area contributed by atoms with Crippen molar-refractivity contribution in [2.45, 2.75) is 6.42 Å². The predicted octanol–water partition coefficient (Wildman–Crippen LogP) is 0.376. The van der Waals surface area contributed by atoms with E-state index in [0.29, 0.717) is 6.42 Å². The lowest BCUT2D eigenvalue weighted by molar-refractivity contribution is -0.115. The smallest absolute Gasteiger partial charge is 0.277 e. The van der Waals surface area contributed by atoms with Gasteiger partial charge < -0.3 is 0 Å². The molecule has 0 heterocycles. The Bertz CT molecular complexity index is 465. The van der Waals surface area contributed by atoms with Gasteiger partial charge in [-0.15, -0.1) is 4.28 Å². The highest BCUT2D eigenvalue weighted by atomic mass is 32.2.